The summed E-state index contributed by atoms with van der Waals surface area (Å²) in [5, 5.41) is 9.33. The lowest BCUT2D eigenvalue weighted by Gasteiger charge is -2.05. The molecule has 4 nitrogen and oxygen atoms in total. The molecule has 0 bridgehead atoms. The Bertz CT molecular complexity index is 491. The zero-order valence-electron chi connectivity index (χ0n) is 7.88. The lowest BCUT2D eigenvalue weighted by atomic mass is 10.2. The SMILES string of the molecule is O=C(O)COc1ccnc2ccccc12. The van der Waals surface area contributed by atoms with Crippen molar-refractivity contribution in [2.24, 2.45) is 0 Å². The Morgan fingerprint density at radius 2 is 2.13 bits per heavy atom. The van der Waals surface area contributed by atoms with Crippen molar-refractivity contribution < 1.29 is 14.6 Å². The van der Waals surface area contributed by atoms with E-state index in [9.17, 15) is 4.79 Å². The fourth-order valence-corrected chi connectivity index (χ4v) is 1.33. The highest BCUT2D eigenvalue weighted by Crippen LogP contribution is 2.22. The molecule has 15 heavy (non-hydrogen) atoms. The maximum absolute atomic E-state index is 10.4. The monoisotopic (exact) mass is 203 g/mol. The van der Waals surface area contributed by atoms with Crippen molar-refractivity contribution in [3.8, 4) is 5.75 Å². The number of aliphatic carboxylic acids is 1. The summed E-state index contributed by atoms with van der Waals surface area (Å²) in [6.45, 7) is -0.339. The van der Waals surface area contributed by atoms with Crippen molar-refractivity contribution in [2.45, 2.75) is 0 Å². The van der Waals surface area contributed by atoms with Gasteiger partial charge in [-0.3, -0.25) is 4.98 Å². The molecule has 0 fully saturated rings. The highest BCUT2D eigenvalue weighted by atomic mass is 16.5. The van der Waals surface area contributed by atoms with E-state index >= 15 is 0 Å². The molecule has 2 aromatic rings. The number of fused-ring (bicyclic) bond motifs is 1. The van der Waals surface area contributed by atoms with E-state index in [1.165, 1.54) is 0 Å². The van der Waals surface area contributed by atoms with Gasteiger partial charge >= 0.3 is 5.97 Å². The Morgan fingerprint density at radius 1 is 1.33 bits per heavy atom. The number of ether oxygens (including phenoxy) is 1. The molecule has 1 N–H and O–H groups in total. The summed E-state index contributed by atoms with van der Waals surface area (Å²) in [5.41, 5.74) is 0.792. The molecule has 0 aliphatic heterocycles. The summed E-state index contributed by atoms with van der Waals surface area (Å²) in [4.78, 5) is 14.5. The fourth-order valence-electron chi connectivity index (χ4n) is 1.33. The van der Waals surface area contributed by atoms with Crippen LogP contribution in [0.2, 0.25) is 0 Å². The first-order chi connectivity index (χ1) is 7.27. The Hall–Kier alpha value is -2.10. The Labute approximate surface area is 86.1 Å². The Kier molecular flexibility index (Phi) is 2.49. The quantitative estimate of drug-likeness (QED) is 0.824. The van der Waals surface area contributed by atoms with Crippen LogP contribution in [0.1, 0.15) is 0 Å². The molecule has 0 saturated heterocycles. The summed E-state index contributed by atoms with van der Waals surface area (Å²) < 4.78 is 5.14. The van der Waals surface area contributed by atoms with Crippen molar-refractivity contribution in [3.63, 3.8) is 0 Å². The van der Waals surface area contributed by atoms with Gasteiger partial charge in [0.2, 0.25) is 0 Å². The molecule has 0 aliphatic carbocycles. The minimum absolute atomic E-state index is 0.339. The number of aromatic nitrogens is 1. The van der Waals surface area contributed by atoms with Gasteiger partial charge in [0.05, 0.1) is 5.52 Å². The van der Waals surface area contributed by atoms with E-state index in [1.54, 1.807) is 12.3 Å². The van der Waals surface area contributed by atoms with Crippen LogP contribution in [-0.4, -0.2) is 22.7 Å². The first-order valence-corrected chi connectivity index (χ1v) is 4.46. The van der Waals surface area contributed by atoms with Crippen LogP contribution in [0.25, 0.3) is 10.9 Å². The number of pyridine rings is 1. The number of para-hydroxylation sites is 1. The lowest BCUT2D eigenvalue weighted by Crippen LogP contribution is -2.09. The standard InChI is InChI=1S/C11H9NO3/c13-11(14)7-15-10-5-6-12-9-4-2-1-3-8(9)10/h1-6H,7H2,(H,13,14). The van der Waals surface area contributed by atoms with Crippen molar-refractivity contribution in [1.82, 2.24) is 4.98 Å². The van der Waals surface area contributed by atoms with Gasteiger partial charge < -0.3 is 9.84 Å². The second kappa shape index (κ2) is 3.96. The molecule has 0 radical (unpaired) electrons. The molecule has 0 spiro atoms. The Balaban J connectivity index is 2.38. The van der Waals surface area contributed by atoms with E-state index in [1.807, 2.05) is 24.3 Å². The molecule has 1 aromatic heterocycles. The van der Waals surface area contributed by atoms with E-state index < -0.39 is 5.97 Å². The zero-order valence-corrected chi connectivity index (χ0v) is 7.88. The second-order valence-electron chi connectivity index (χ2n) is 3.01. The fraction of sp³-hybridized carbons (Fsp3) is 0.0909. The number of rotatable bonds is 3. The van der Waals surface area contributed by atoms with Crippen molar-refractivity contribution in [1.29, 1.82) is 0 Å². The third-order valence-electron chi connectivity index (χ3n) is 1.96. The van der Waals surface area contributed by atoms with Crippen LogP contribution in [0.4, 0.5) is 0 Å². The molecule has 76 valence electrons. The van der Waals surface area contributed by atoms with E-state index in [4.69, 9.17) is 9.84 Å². The van der Waals surface area contributed by atoms with Crippen LogP contribution < -0.4 is 4.74 Å². The van der Waals surface area contributed by atoms with Gasteiger partial charge in [0.15, 0.2) is 6.61 Å². The first kappa shape index (κ1) is 9.45. The molecule has 1 aromatic carbocycles. The topological polar surface area (TPSA) is 59.4 Å². The minimum Gasteiger partial charge on any atom is -0.481 e. The first-order valence-electron chi connectivity index (χ1n) is 4.46. The highest BCUT2D eigenvalue weighted by Gasteiger charge is 2.03. The summed E-state index contributed by atoms with van der Waals surface area (Å²) >= 11 is 0. The predicted octanol–water partition coefficient (Wildman–Crippen LogP) is 1.70. The minimum atomic E-state index is -0.990. The third kappa shape index (κ3) is 2.04. The average Bonchev–Trinajstić information content (AvgIpc) is 2.26. The van der Waals surface area contributed by atoms with Gasteiger partial charge in [-0.1, -0.05) is 12.1 Å². The van der Waals surface area contributed by atoms with Crippen molar-refractivity contribution in [2.75, 3.05) is 6.61 Å². The highest BCUT2D eigenvalue weighted by molar-refractivity contribution is 5.85. The van der Waals surface area contributed by atoms with Gasteiger partial charge in [-0.05, 0) is 18.2 Å². The third-order valence-corrected chi connectivity index (χ3v) is 1.96. The van der Waals surface area contributed by atoms with Gasteiger partial charge in [-0.15, -0.1) is 0 Å². The number of hydrogen-bond donors (Lipinski definition) is 1. The van der Waals surface area contributed by atoms with Gasteiger partial charge in [-0.25, -0.2) is 4.79 Å². The van der Waals surface area contributed by atoms with E-state index in [-0.39, 0.29) is 6.61 Å². The molecule has 0 unspecified atom stereocenters. The van der Waals surface area contributed by atoms with Crippen LogP contribution in [0.15, 0.2) is 36.5 Å². The molecule has 0 amide bonds. The maximum Gasteiger partial charge on any atom is 0.341 e. The number of carbonyl (C=O) groups is 1. The van der Waals surface area contributed by atoms with Gasteiger partial charge in [0.25, 0.3) is 0 Å². The molecule has 0 aliphatic rings. The van der Waals surface area contributed by atoms with Crippen LogP contribution in [0.3, 0.4) is 0 Å². The van der Waals surface area contributed by atoms with Gasteiger partial charge in [0, 0.05) is 11.6 Å². The van der Waals surface area contributed by atoms with Crippen molar-refractivity contribution in [3.05, 3.63) is 36.5 Å². The van der Waals surface area contributed by atoms with Crippen LogP contribution in [-0.2, 0) is 4.79 Å². The van der Waals surface area contributed by atoms with Crippen LogP contribution in [0, 0.1) is 0 Å². The van der Waals surface area contributed by atoms with E-state index in [2.05, 4.69) is 4.98 Å². The second-order valence-corrected chi connectivity index (χ2v) is 3.01. The van der Waals surface area contributed by atoms with Crippen molar-refractivity contribution >= 4 is 16.9 Å². The van der Waals surface area contributed by atoms with E-state index in [0.717, 1.165) is 10.9 Å². The number of nitrogens with zero attached hydrogens (tertiary/aromatic N) is 1. The average molecular weight is 203 g/mol. The summed E-state index contributed by atoms with van der Waals surface area (Å²) in [6, 6.07) is 9.09. The number of carboxylic acid groups (broad SMARTS) is 1. The normalized spacial score (nSPS) is 10.1. The van der Waals surface area contributed by atoms with Crippen LogP contribution >= 0.6 is 0 Å². The summed E-state index contributed by atoms with van der Waals surface area (Å²) in [5.74, 6) is -0.445. The molecule has 0 saturated carbocycles. The van der Waals surface area contributed by atoms with Gasteiger partial charge in [-0.2, -0.15) is 0 Å². The summed E-state index contributed by atoms with van der Waals surface area (Å²) in [6.07, 6.45) is 1.60. The smallest absolute Gasteiger partial charge is 0.341 e. The molecule has 2 rings (SSSR count). The molecule has 0 atom stereocenters. The maximum atomic E-state index is 10.4. The lowest BCUT2D eigenvalue weighted by molar-refractivity contribution is -0.139. The Morgan fingerprint density at radius 3 is 2.93 bits per heavy atom. The van der Waals surface area contributed by atoms with Crippen LogP contribution in [0.5, 0.6) is 5.75 Å². The van der Waals surface area contributed by atoms with E-state index in [0.29, 0.717) is 5.75 Å². The molecule has 1 heterocycles. The predicted molar refractivity (Wildman–Crippen MR) is 54.9 cm³/mol. The number of carboxylic acids is 1. The summed E-state index contributed by atoms with van der Waals surface area (Å²) in [7, 11) is 0. The zero-order chi connectivity index (χ0) is 10.7. The molecular weight excluding hydrogens is 194 g/mol. The van der Waals surface area contributed by atoms with Gasteiger partial charge in [0.1, 0.15) is 5.75 Å². The number of hydrogen-bond acceptors (Lipinski definition) is 3. The molecular formula is C11H9NO3. The largest absolute Gasteiger partial charge is 0.481 e. The molecule has 4 heteroatoms. The number of benzene rings is 1.